The highest BCUT2D eigenvalue weighted by atomic mass is 16.5. The molecule has 1 saturated carbocycles. The van der Waals surface area contributed by atoms with E-state index in [9.17, 15) is 5.26 Å². The van der Waals surface area contributed by atoms with E-state index in [-0.39, 0.29) is 5.54 Å². The Morgan fingerprint density at radius 1 is 1.45 bits per heavy atom. The second kappa shape index (κ2) is 6.28. The van der Waals surface area contributed by atoms with Crippen LogP contribution in [0.4, 0.5) is 0 Å². The molecule has 0 radical (unpaired) electrons. The Morgan fingerprint density at radius 3 is 2.90 bits per heavy atom. The van der Waals surface area contributed by atoms with Gasteiger partial charge in [0.1, 0.15) is 11.3 Å². The van der Waals surface area contributed by atoms with Crippen molar-refractivity contribution in [2.75, 3.05) is 13.7 Å². The molecule has 1 aliphatic carbocycles. The Labute approximate surface area is 121 Å². The summed E-state index contributed by atoms with van der Waals surface area (Å²) >= 11 is 0. The van der Waals surface area contributed by atoms with Crippen LogP contribution in [0.1, 0.15) is 36.8 Å². The molecule has 0 saturated heterocycles. The van der Waals surface area contributed by atoms with E-state index in [1.54, 1.807) is 0 Å². The highest BCUT2D eigenvalue weighted by molar-refractivity contribution is 5.35. The van der Waals surface area contributed by atoms with Crippen molar-refractivity contribution in [1.82, 2.24) is 5.32 Å². The molecule has 0 amide bonds. The SMILES string of the molecule is CNC1(C#N)CCCC1CCOc1ccc(C)cc1C. The molecule has 2 atom stereocenters. The van der Waals surface area contributed by atoms with Gasteiger partial charge in [0.2, 0.25) is 0 Å². The van der Waals surface area contributed by atoms with Crippen LogP contribution >= 0.6 is 0 Å². The van der Waals surface area contributed by atoms with Gasteiger partial charge in [-0.1, -0.05) is 24.1 Å². The topological polar surface area (TPSA) is 45.0 Å². The maximum Gasteiger partial charge on any atom is 0.122 e. The zero-order valence-corrected chi connectivity index (χ0v) is 12.7. The van der Waals surface area contributed by atoms with Gasteiger partial charge in [0.15, 0.2) is 0 Å². The predicted octanol–water partition coefficient (Wildman–Crippen LogP) is 3.35. The molecular formula is C17H24N2O. The monoisotopic (exact) mass is 272 g/mol. The van der Waals surface area contributed by atoms with E-state index >= 15 is 0 Å². The number of benzene rings is 1. The van der Waals surface area contributed by atoms with Crippen LogP contribution < -0.4 is 10.1 Å². The lowest BCUT2D eigenvalue weighted by atomic mass is 9.86. The van der Waals surface area contributed by atoms with E-state index in [0.29, 0.717) is 12.5 Å². The quantitative estimate of drug-likeness (QED) is 0.894. The third-order valence-electron chi connectivity index (χ3n) is 4.52. The summed E-state index contributed by atoms with van der Waals surface area (Å²) in [7, 11) is 1.90. The van der Waals surface area contributed by atoms with Crippen LogP contribution in [0.15, 0.2) is 18.2 Å². The Morgan fingerprint density at radius 2 is 2.25 bits per heavy atom. The van der Waals surface area contributed by atoms with Crippen LogP contribution in [0.25, 0.3) is 0 Å². The van der Waals surface area contributed by atoms with Gasteiger partial charge >= 0.3 is 0 Å². The van der Waals surface area contributed by atoms with Crippen molar-refractivity contribution < 1.29 is 4.74 Å². The highest BCUT2D eigenvalue weighted by Gasteiger charge is 2.41. The molecule has 0 heterocycles. The van der Waals surface area contributed by atoms with Crippen LogP contribution in [0.2, 0.25) is 0 Å². The standard InChI is InChI=1S/C17H24N2O/c1-13-6-7-16(14(2)11-13)20-10-8-15-5-4-9-17(15,12-18)19-3/h6-7,11,15,19H,4-5,8-10H2,1-3H3. The summed E-state index contributed by atoms with van der Waals surface area (Å²) in [6.45, 7) is 4.84. The molecule has 1 N–H and O–H groups in total. The van der Waals surface area contributed by atoms with Gasteiger partial charge in [-0.3, -0.25) is 0 Å². The van der Waals surface area contributed by atoms with Gasteiger partial charge in [-0.25, -0.2) is 0 Å². The first-order valence-electron chi connectivity index (χ1n) is 7.41. The summed E-state index contributed by atoms with van der Waals surface area (Å²) < 4.78 is 5.90. The zero-order chi connectivity index (χ0) is 14.6. The molecule has 2 rings (SSSR count). The van der Waals surface area contributed by atoms with E-state index in [1.807, 2.05) is 13.1 Å². The number of ether oxygens (including phenoxy) is 1. The summed E-state index contributed by atoms with van der Waals surface area (Å²) in [4.78, 5) is 0. The van der Waals surface area contributed by atoms with Crippen molar-refractivity contribution in [1.29, 1.82) is 5.26 Å². The lowest BCUT2D eigenvalue weighted by molar-refractivity contribution is 0.238. The minimum absolute atomic E-state index is 0.342. The molecule has 108 valence electrons. The van der Waals surface area contributed by atoms with Crippen molar-refractivity contribution in [2.45, 2.75) is 45.1 Å². The van der Waals surface area contributed by atoms with Crippen LogP contribution in [-0.2, 0) is 0 Å². The average molecular weight is 272 g/mol. The normalized spacial score (nSPS) is 25.4. The Kier molecular flexibility index (Phi) is 4.67. The van der Waals surface area contributed by atoms with Crippen molar-refractivity contribution >= 4 is 0 Å². The first-order valence-corrected chi connectivity index (χ1v) is 7.41. The molecule has 0 bridgehead atoms. The van der Waals surface area contributed by atoms with Gasteiger partial charge in [-0.05, 0) is 57.7 Å². The number of hydrogen-bond donors (Lipinski definition) is 1. The molecule has 3 heteroatoms. The van der Waals surface area contributed by atoms with Crippen LogP contribution in [0, 0.1) is 31.1 Å². The van der Waals surface area contributed by atoms with Gasteiger partial charge in [-0.15, -0.1) is 0 Å². The van der Waals surface area contributed by atoms with Crippen molar-refractivity contribution in [3.05, 3.63) is 29.3 Å². The van der Waals surface area contributed by atoms with Gasteiger partial charge < -0.3 is 10.1 Å². The fourth-order valence-corrected chi connectivity index (χ4v) is 3.27. The molecular weight excluding hydrogens is 248 g/mol. The summed E-state index contributed by atoms with van der Waals surface area (Å²) in [5.41, 5.74) is 2.09. The highest BCUT2D eigenvalue weighted by Crippen LogP contribution is 2.37. The van der Waals surface area contributed by atoms with Gasteiger partial charge in [0, 0.05) is 0 Å². The molecule has 20 heavy (non-hydrogen) atoms. The maximum absolute atomic E-state index is 9.42. The number of rotatable bonds is 5. The fourth-order valence-electron chi connectivity index (χ4n) is 3.27. The fraction of sp³-hybridized carbons (Fsp3) is 0.588. The molecule has 1 aromatic rings. The number of aryl methyl sites for hydroxylation is 2. The van der Waals surface area contributed by atoms with Crippen LogP contribution in [-0.4, -0.2) is 19.2 Å². The lowest BCUT2D eigenvalue weighted by Gasteiger charge is -2.28. The minimum Gasteiger partial charge on any atom is -0.493 e. The van der Waals surface area contributed by atoms with Gasteiger partial charge in [0.05, 0.1) is 12.7 Å². The van der Waals surface area contributed by atoms with Crippen molar-refractivity contribution in [3.63, 3.8) is 0 Å². The summed E-state index contributed by atoms with van der Waals surface area (Å²) in [6.07, 6.45) is 4.13. The molecule has 1 aliphatic rings. The van der Waals surface area contributed by atoms with Crippen molar-refractivity contribution in [3.8, 4) is 11.8 Å². The van der Waals surface area contributed by atoms with Crippen LogP contribution in [0.5, 0.6) is 5.75 Å². The Bertz CT molecular complexity index is 506. The van der Waals surface area contributed by atoms with E-state index in [2.05, 4.69) is 37.4 Å². The maximum atomic E-state index is 9.42. The second-order valence-electron chi connectivity index (χ2n) is 5.83. The third-order valence-corrected chi connectivity index (χ3v) is 4.52. The second-order valence-corrected chi connectivity index (χ2v) is 5.83. The molecule has 1 aromatic carbocycles. The molecule has 0 aliphatic heterocycles. The summed E-state index contributed by atoms with van der Waals surface area (Å²) in [5, 5.41) is 12.7. The minimum atomic E-state index is -0.342. The largest absolute Gasteiger partial charge is 0.493 e. The zero-order valence-electron chi connectivity index (χ0n) is 12.7. The number of hydrogen-bond acceptors (Lipinski definition) is 3. The number of nitrogens with one attached hydrogen (secondary N) is 1. The third kappa shape index (κ3) is 2.96. The van der Waals surface area contributed by atoms with E-state index in [0.717, 1.165) is 31.4 Å². The smallest absolute Gasteiger partial charge is 0.122 e. The Hall–Kier alpha value is -1.53. The molecule has 0 aromatic heterocycles. The average Bonchev–Trinajstić information content (AvgIpc) is 2.85. The summed E-state index contributed by atoms with van der Waals surface area (Å²) in [5.74, 6) is 1.35. The van der Waals surface area contributed by atoms with E-state index in [1.165, 1.54) is 11.1 Å². The summed E-state index contributed by atoms with van der Waals surface area (Å²) in [6, 6.07) is 8.73. The lowest BCUT2D eigenvalue weighted by Crippen LogP contribution is -2.45. The molecule has 1 fully saturated rings. The van der Waals surface area contributed by atoms with Gasteiger partial charge in [0.25, 0.3) is 0 Å². The number of nitrogens with zero attached hydrogens (tertiary/aromatic N) is 1. The first kappa shape index (κ1) is 14.9. The first-order chi connectivity index (χ1) is 9.61. The van der Waals surface area contributed by atoms with E-state index < -0.39 is 0 Å². The molecule has 0 spiro atoms. The molecule has 3 nitrogen and oxygen atoms in total. The Balaban J connectivity index is 1.91. The predicted molar refractivity (Wildman–Crippen MR) is 80.8 cm³/mol. The van der Waals surface area contributed by atoms with Crippen molar-refractivity contribution in [2.24, 2.45) is 5.92 Å². The molecule has 2 unspecified atom stereocenters. The van der Waals surface area contributed by atoms with E-state index in [4.69, 9.17) is 4.74 Å². The van der Waals surface area contributed by atoms with Gasteiger partial charge in [-0.2, -0.15) is 5.26 Å². The van der Waals surface area contributed by atoms with Crippen LogP contribution in [0.3, 0.4) is 0 Å². The number of nitriles is 1.